The van der Waals surface area contributed by atoms with E-state index < -0.39 is 0 Å². The number of amides is 1. The minimum atomic E-state index is 0.246. The van der Waals surface area contributed by atoms with Crippen molar-refractivity contribution >= 4 is 5.91 Å². The van der Waals surface area contributed by atoms with Crippen molar-refractivity contribution in [2.45, 2.75) is 50.5 Å². The van der Waals surface area contributed by atoms with Crippen LogP contribution in [0.1, 0.15) is 50.0 Å². The molecule has 1 aliphatic heterocycles. The number of nitrogens with two attached hydrogens (primary N) is 1. The maximum absolute atomic E-state index is 12.4. The van der Waals surface area contributed by atoms with Gasteiger partial charge in [0, 0.05) is 25.6 Å². The van der Waals surface area contributed by atoms with Crippen molar-refractivity contribution in [1.29, 1.82) is 0 Å². The van der Waals surface area contributed by atoms with Gasteiger partial charge >= 0.3 is 0 Å². The highest BCUT2D eigenvalue weighted by molar-refractivity contribution is 5.76. The number of nitrogens with zero attached hydrogens (tertiary/aromatic N) is 1. The average Bonchev–Trinajstić information content (AvgIpc) is 2.93. The molecule has 1 heterocycles. The number of piperidine rings is 1. The number of hydrogen-bond acceptors (Lipinski definition) is 2. The summed E-state index contributed by atoms with van der Waals surface area (Å²) in [6, 6.07) is 10.9. The number of carbonyl (C=O) groups is 1. The van der Waals surface area contributed by atoms with Gasteiger partial charge in [-0.15, -0.1) is 0 Å². The van der Waals surface area contributed by atoms with Gasteiger partial charge in [0.15, 0.2) is 0 Å². The van der Waals surface area contributed by atoms with E-state index in [-0.39, 0.29) is 6.04 Å². The van der Waals surface area contributed by atoms with Crippen LogP contribution in [0.5, 0.6) is 0 Å². The minimum absolute atomic E-state index is 0.246. The van der Waals surface area contributed by atoms with Crippen LogP contribution in [-0.4, -0.2) is 29.9 Å². The predicted molar refractivity (Wildman–Crippen MR) is 84.9 cm³/mol. The first-order chi connectivity index (χ1) is 10.2. The van der Waals surface area contributed by atoms with Crippen molar-refractivity contribution in [2.24, 2.45) is 11.7 Å². The zero-order valence-corrected chi connectivity index (χ0v) is 12.7. The third-order valence-corrected chi connectivity index (χ3v) is 5.27. The Morgan fingerprint density at radius 3 is 2.43 bits per heavy atom. The fourth-order valence-electron chi connectivity index (χ4n) is 3.86. The fraction of sp³-hybridized carbons (Fsp3) is 0.611. The van der Waals surface area contributed by atoms with Crippen LogP contribution >= 0.6 is 0 Å². The Bertz CT molecular complexity index is 465. The molecule has 1 aromatic carbocycles. The van der Waals surface area contributed by atoms with E-state index in [0.717, 1.165) is 38.8 Å². The Hall–Kier alpha value is -1.35. The molecule has 2 atom stereocenters. The van der Waals surface area contributed by atoms with Gasteiger partial charge in [-0.2, -0.15) is 0 Å². The Morgan fingerprint density at radius 1 is 1.10 bits per heavy atom. The van der Waals surface area contributed by atoms with Crippen LogP contribution in [0.15, 0.2) is 30.3 Å². The van der Waals surface area contributed by atoms with Crippen LogP contribution in [0.2, 0.25) is 0 Å². The van der Waals surface area contributed by atoms with Gasteiger partial charge in [-0.1, -0.05) is 36.8 Å². The molecule has 0 bridgehead atoms. The van der Waals surface area contributed by atoms with Crippen LogP contribution in [0.25, 0.3) is 0 Å². The third kappa shape index (κ3) is 3.46. The van der Waals surface area contributed by atoms with E-state index >= 15 is 0 Å². The van der Waals surface area contributed by atoms with Gasteiger partial charge in [0.2, 0.25) is 5.91 Å². The van der Waals surface area contributed by atoms with E-state index in [1.165, 1.54) is 12.0 Å². The molecular weight excluding hydrogens is 260 g/mol. The summed E-state index contributed by atoms with van der Waals surface area (Å²) in [6.45, 7) is 1.81. The van der Waals surface area contributed by atoms with Gasteiger partial charge in [-0.05, 0) is 43.1 Å². The molecule has 0 aromatic heterocycles. The van der Waals surface area contributed by atoms with Crippen molar-refractivity contribution < 1.29 is 4.79 Å². The van der Waals surface area contributed by atoms with Gasteiger partial charge in [0.1, 0.15) is 0 Å². The first-order valence-electron chi connectivity index (χ1n) is 8.32. The average molecular weight is 286 g/mol. The molecule has 3 nitrogen and oxygen atoms in total. The van der Waals surface area contributed by atoms with Crippen LogP contribution in [0.4, 0.5) is 0 Å². The second kappa shape index (κ2) is 6.61. The van der Waals surface area contributed by atoms with Crippen LogP contribution in [-0.2, 0) is 4.79 Å². The first kappa shape index (κ1) is 14.6. The van der Waals surface area contributed by atoms with Gasteiger partial charge in [-0.3, -0.25) is 4.79 Å². The molecule has 2 N–H and O–H groups in total. The number of hydrogen-bond donors (Lipinski definition) is 1. The summed E-state index contributed by atoms with van der Waals surface area (Å²) in [5, 5.41) is 0. The molecule has 3 rings (SSSR count). The second-order valence-corrected chi connectivity index (χ2v) is 6.62. The third-order valence-electron chi connectivity index (χ3n) is 5.27. The van der Waals surface area contributed by atoms with E-state index in [1.807, 2.05) is 0 Å². The summed E-state index contributed by atoms with van der Waals surface area (Å²) in [5.74, 6) is 1.36. The van der Waals surface area contributed by atoms with Crippen LogP contribution < -0.4 is 5.73 Å². The van der Waals surface area contributed by atoms with E-state index in [0.29, 0.717) is 24.2 Å². The Balaban J connectivity index is 1.50. The highest BCUT2D eigenvalue weighted by Gasteiger charge is 2.29. The molecule has 0 unspecified atom stereocenters. The molecular formula is C18H26N2O. The largest absolute Gasteiger partial charge is 0.343 e. The van der Waals surface area contributed by atoms with Gasteiger partial charge < -0.3 is 10.6 Å². The molecule has 1 aromatic rings. The van der Waals surface area contributed by atoms with Gasteiger partial charge in [-0.25, -0.2) is 0 Å². The number of carbonyl (C=O) groups excluding carboxylic acids is 1. The first-order valence-corrected chi connectivity index (χ1v) is 8.32. The summed E-state index contributed by atoms with van der Waals surface area (Å²) >= 11 is 0. The second-order valence-electron chi connectivity index (χ2n) is 6.62. The minimum Gasteiger partial charge on any atom is -0.343 e. The molecule has 2 fully saturated rings. The number of likely N-dealkylation sites (tertiary alicyclic amines) is 1. The van der Waals surface area contributed by atoms with Gasteiger partial charge in [0.05, 0.1) is 0 Å². The van der Waals surface area contributed by atoms with E-state index in [4.69, 9.17) is 5.73 Å². The number of rotatable bonds is 3. The Morgan fingerprint density at radius 2 is 1.81 bits per heavy atom. The SMILES string of the molecule is N[C@@H]1CCC[C@H]1CC(=O)N1CCC(c2ccccc2)CC1. The molecule has 2 aliphatic rings. The van der Waals surface area contributed by atoms with E-state index in [1.54, 1.807) is 0 Å². The monoisotopic (exact) mass is 286 g/mol. The lowest BCUT2D eigenvalue weighted by Gasteiger charge is -2.33. The van der Waals surface area contributed by atoms with Gasteiger partial charge in [0.25, 0.3) is 0 Å². The van der Waals surface area contributed by atoms with Crippen molar-refractivity contribution in [3.63, 3.8) is 0 Å². The van der Waals surface area contributed by atoms with Crippen LogP contribution in [0, 0.1) is 5.92 Å². The summed E-state index contributed by atoms with van der Waals surface area (Å²) in [7, 11) is 0. The molecule has 21 heavy (non-hydrogen) atoms. The zero-order chi connectivity index (χ0) is 14.7. The molecule has 3 heteroatoms. The Labute approximate surface area is 127 Å². The van der Waals surface area contributed by atoms with E-state index in [2.05, 4.69) is 35.2 Å². The lowest BCUT2D eigenvalue weighted by molar-refractivity contribution is -0.133. The van der Waals surface area contributed by atoms with Crippen molar-refractivity contribution in [3.8, 4) is 0 Å². The molecule has 114 valence electrons. The molecule has 0 radical (unpaired) electrons. The normalized spacial score (nSPS) is 27.0. The van der Waals surface area contributed by atoms with Crippen molar-refractivity contribution in [1.82, 2.24) is 4.90 Å². The summed E-state index contributed by atoms with van der Waals surface area (Å²) in [6.07, 6.45) is 6.26. The summed E-state index contributed by atoms with van der Waals surface area (Å²) < 4.78 is 0. The highest BCUT2D eigenvalue weighted by Crippen LogP contribution is 2.30. The molecule has 1 aliphatic carbocycles. The smallest absolute Gasteiger partial charge is 0.222 e. The lowest BCUT2D eigenvalue weighted by Crippen LogP contribution is -2.40. The quantitative estimate of drug-likeness (QED) is 0.928. The summed E-state index contributed by atoms with van der Waals surface area (Å²) in [5.41, 5.74) is 7.50. The topological polar surface area (TPSA) is 46.3 Å². The Kier molecular flexibility index (Phi) is 4.59. The van der Waals surface area contributed by atoms with Crippen LogP contribution in [0.3, 0.4) is 0 Å². The molecule has 0 spiro atoms. The maximum Gasteiger partial charge on any atom is 0.222 e. The lowest BCUT2D eigenvalue weighted by atomic mass is 9.89. The van der Waals surface area contributed by atoms with Crippen molar-refractivity contribution in [3.05, 3.63) is 35.9 Å². The van der Waals surface area contributed by atoms with E-state index in [9.17, 15) is 4.79 Å². The molecule has 1 amide bonds. The fourth-order valence-corrected chi connectivity index (χ4v) is 3.86. The predicted octanol–water partition coefficient (Wildman–Crippen LogP) is 2.91. The highest BCUT2D eigenvalue weighted by atomic mass is 16.2. The number of benzene rings is 1. The summed E-state index contributed by atoms with van der Waals surface area (Å²) in [4.78, 5) is 14.5. The van der Waals surface area contributed by atoms with Crippen molar-refractivity contribution in [2.75, 3.05) is 13.1 Å². The maximum atomic E-state index is 12.4. The molecule has 1 saturated carbocycles. The standard InChI is InChI=1S/C18H26N2O/c19-17-8-4-7-16(17)13-18(21)20-11-9-15(10-12-20)14-5-2-1-3-6-14/h1-3,5-6,15-17H,4,7-13,19H2/t16-,17+/m0/s1. The zero-order valence-electron chi connectivity index (χ0n) is 12.7. The molecule has 1 saturated heterocycles.